The van der Waals surface area contributed by atoms with E-state index in [0.717, 1.165) is 37.8 Å². The van der Waals surface area contributed by atoms with Crippen LogP contribution in [0.5, 0.6) is 0 Å². The lowest BCUT2D eigenvalue weighted by atomic mass is 10.1. The Morgan fingerprint density at radius 3 is 2.33 bits per heavy atom. The van der Waals surface area contributed by atoms with E-state index < -0.39 is 0 Å². The van der Waals surface area contributed by atoms with Crippen molar-refractivity contribution >= 4 is 17.3 Å². The van der Waals surface area contributed by atoms with Crippen molar-refractivity contribution in [2.45, 2.75) is 31.2 Å². The summed E-state index contributed by atoms with van der Waals surface area (Å²) in [6, 6.07) is 17.0. The van der Waals surface area contributed by atoms with Gasteiger partial charge >= 0.3 is 0 Å². The number of anilines is 2. The average molecular weight is 405 g/mol. The molecule has 3 aliphatic rings. The molecule has 1 heterocycles. The number of hydrogen-bond acceptors (Lipinski definition) is 4. The topological polar surface area (TPSA) is 47.6 Å². The third-order valence-corrected chi connectivity index (χ3v) is 6.75. The fraction of sp³-hybridized carbons (Fsp3) is 0.480. The molecule has 0 radical (unpaired) electrons. The SMILES string of the molecule is CN1CCN(c2ccc(C(=O)Nc3ccc(C4CC4NCC4CC4)cc3)cc2)CC1. The second-order valence-electron chi connectivity index (χ2n) is 9.21. The second kappa shape index (κ2) is 8.40. The van der Waals surface area contributed by atoms with Gasteiger partial charge in [0.25, 0.3) is 5.91 Å². The van der Waals surface area contributed by atoms with Gasteiger partial charge < -0.3 is 20.4 Å². The first-order valence-corrected chi connectivity index (χ1v) is 11.3. The molecule has 30 heavy (non-hydrogen) atoms. The van der Waals surface area contributed by atoms with Crippen LogP contribution in [0.3, 0.4) is 0 Å². The number of nitrogens with zero attached hydrogens (tertiary/aromatic N) is 2. The van der Waals surface area contributed by atoms with E-state index in [1.807, 2.05) is 24.3 Å². The van der Waals surface area contributed by atoms with Crippen LogP contribution in [0.4, 0.5) is 11.4 Å². The molecule has 1 saturated heterocycles. The van der Waals surface area contributed by atoms with Gasteiger partial charge in [0.05, 0.1) is 0 Å². The van der Waals surface area contributed by atoms with Gasteiger partial charge in [-0.3, -0.25) is 4.79 Å². The number of benzene rings is 2. The van der Waals surface area contributed by atoms with E-state index in [0.29, 0.717) is 17.5 Å². The third-order valence-electron chi connectivity index (χ3n) is 6.75. The quantitative estimate of drug-likeness (QED) is 0.741. The maximum absolute atomic E-state index is 12.6. The maximum atomic E-state index is 12.6. The van der Waals surface area contributed by atoms with Crippen LogP contribution in [0.2, 0.25) is 0 Å². The molecule has 1 amide bonds. The molecule has 2 aromatic carbocycles. The minimum atomic E-state index is -0.0527. The second-order valence-corrected chi connectivity index (χ2v) is 9.21. The van der Waals surface area contributed by atoms with E-state index in [9.17, 15) is 4.79 Å². The molecule has 5 rings (SSSR count). The smallest absolute Gasteiger partial charge is 0.255 e. The van der Waals surface area contributed by atoms with Crippen molar-refractivity contribution in [2.24, 2.45) is 5.92 Å². The van der Waals surface area contributed by atoms with Gasteiger partial charge in [-0.05, 0) is 80.7 Å². The molecular formula is C25H32N4O. The molecule has 0 spiro atoms. The minimum Gasteiger partial charge on any atom is -0.369 e. The number of rotatable bonds is 7. The standard InChI is InChI=1S/C25H32N4O/c1-28-12-14-29(15-13-28)22-10-6-20(7-11-22)25(30)27-21-8-4-19(5-9-21)23-16-24(23)26-17-18-2-3-18/h4-11,18,23-24,26H,2-3,12-17H2,1H3,(H,27,30). The van der Waals surface area contributed by atoms with Crippen molar-refractivity contribution in [1.82, 2.24) is 10.2 Å². The zero-order valence-corrected chi connectivity index (χ0v) is 17.8. The summed E-state index contributed by atoms with van der Waals surface area (Å²) in [6.45, 7) is 5.41. The molecular weight excluding hydrogens is 372 g/mol. The summed E-state index contributed by atoms with van der Waals surface area (Å²) in [5.74, 6) is 1.51. The third kappa shape index (κ3) is 4.68. The predicted octanol–water partition coefficient (Wildman–Crippen LogP) is 3.55. The van der Waals surface area contributed by atoms with Crippen LogP contribution in [0.1, 0.15) is 41.1 Å². The van der Waals surface area contributed by atoms with Crippen molar-refractivity contribution in [2.75, 3.05) is 50.0 Å². The highest BCUT2D eigenvalue weighted by Crippen LogP contribution is 2.41. The van der Waals surface area contributed by atoms with Crippen LogP contribution in [0.25, 0.3) is 0 Å². The van der Waals surface area contributed by atoms with Gasteiger partial charge in [-0.25, -0.2) is 0 Å². The van der Waals surface area contributed by atoms with E-state index in [-0.39, 0.29) is 5.91 Å². The van der Waals surface area contributed by atoms with Gasteiger partial charge in [0.15, 0.2) is 0 Å². The normalized spacial score (nSPS) is 24.0. The Hall–Kier alpha value is -2.37. The fourth-order valence-corrected chi connectivity index (χ4v) is 4.33. The zero-order valence-electron chi connectivity index (χ0n) is 17.8. The van der Waals surface area contributed by atoms with E-state index >= 15 is 0 Å². The largest absolute Gasteiger partial charge is 0.369 e. The van der Waals surface area contributed by atoms with Gasteiger partial charge in [0.1, 0.15) is 0 Å². The Bertz CT molecular complexity index is 867. The molecule has 2 saturated carbocycles. The van der Waals surface area contributed by atoms with Crippen LogP contribution < -0.4 is 15.5 Å². The van der Waals surface area contributed by atoms with Crippen molar-refractivity contribution in [3.8, 4) is 0 Å². The lowest BCUT2D eigenvalue weighted by molar-refractivity contribution is 0.102. The summed E-state index contributed by atoms with van der Waals surface area (Å²) in [4.78, 5) is 17.4. The first kappa shape index (κ1) is 19.6. The Balaban J connectivity index is 1.13. The molecule has 2 aromatic rings. The van der Waals surface area contributed by atoms with Gasteiger partial charge in [-0.1, -0.05) is 12.1 Å². The number of amides is 1. The summed E-state index contributed by atoms with van der Waals surface area (Å²) in [5, 5.41) is 6.72. The minimum absolute atomic E-state index is 0.0527. The molecule has 2 atom stereocenters. The summed E-state index contributed by atoms with van der Waals surface area (Å²) in [5.41, 5.74) is 4.12. The van der Waals surface area contributed by atoms with Crippen molar-refractivity contribution in [3.63, 3.8) is 0 Å². The van der Waals surface area contributed by atoms with E-state index in [2.05, 4.69) is 51.7 Å². The molecule has 5 nitrogen and oxygen atoms in total. The summed E-state index contributed by atoms with van der Waals surface area (Å²) in [6.07, 6.45) is 4.03. The lowest BCUT2D eigenvalue weighted by Gasteiger charge is -2.34. The van der Waals surface area contributed by atoms with Crippen LogP contribution >= 0.6 is 0 Å². The van der Waals surface area contributed by atoms with Gasteiger partial charge in [0, 0.05) is 55.1 Å². The molecule has 2 unspecified atom stereocenters. The average Bonchev–Trinajstić information content (AvgIpc) is 3.69. The number of piperazine rings is 1. The van der Waals surface area contributed by atoms with E-state index in [1.54, 1.807) is 0 Å². The molecule has 3 fully saturated rings. The predicted molar refractivity (Wildman–Crippen MR) is 122 cm³/mol. The van der Waals surface area contributed by atoms with Gasteiger partial charge in [-0.15, -0.1) is 0 Å². The maximum Gasteiger partial charge on any atom is 0.255 e. The molecule has 5 heteroatoms. The Morgan fingerprint density at radius 2 is 1.67 bits per heavy atom. The van der Waals surface area contributed by atoms with Gasteiger partial charge in [-0.2, -0.15) is 0 Å². The van der Waals surface area contributed by atoms with Crippen molar-refractivity contribution in [3.05, 3.63) is 59.7 Å². The highest BCUT2D eigenvalue weighted by molar-refractivity contribution is 6.04. The monoisotopic (exact) mass is 404 g/mol. The number of likely N-dealkylation sites (N-methyl/N-ethyl adjacent to an activating group) is 1. The van der Waals surface area contributed by atoms with Crippen LogP contribution in [0, 0.1) is 5.92 Å². The van der Waals surface area contributed by atoms with Crippen molar-refractivity contribution in [1.29, 1.82) is 0 Å². The summed E-state index contributed by atoms with van der Waals surface area (Å²) in [7, 11) is 2.16. The molecule has 158 valence electrons. The molecule has 2 aliphatic carbocycles. The Labute approximate surface area is 179 Å². The number of nitrogens with one attached hydrogen (secondary N) is 2. The Kier molecular flexibility index (Phi) is 5.48. The zero-order chi connectivity index (χ0) is 20.5. The molecule has 1 aliphatic heterocycles. The highest BCUT2D eigenvalue weighted by atomic mass is 16.1. The lowest BCUT2D eigenvalue weighted by Crippen LogP contribution is -2.44. The van der Waals surface area contributed by atoms with E-state index in [4.69, 9.17) is 0 Å². The van der Waals surface area contributed by atoms with Crippen molar-refractivity contribution < 1.29 is 4.79 Å². The van der Waals surface area contributed by atoms with Crippen LogP contribution in [-0.4, -0.2) is 56.6 Å². The molecule has 0 bridgehead atoms. The summed E-state index contributed by atoms with van der Waals surface area (Å²) < 4.78 is 0. The molecule has 0 aromatic heterocycles. The first-order valence-electron chi connectivity index (χ1n) is 11.3. The van der Waals surface area contributed by atoms with E-state index in [1.165, 1.54) is 37.1 Å². The number of hydrogen-bond donors (Lipinski definition) is 2. The first-order chi connectivity index (χ1) is 14.7. The Morgan fingerprint density at radius 1 is 0.967 bits per heavy atom. The number of carbonyl (C=O) groups excluding carboxylic acids is 1. The highest BCUT2D eigenvalue weighted by Gasteiger charge is 2.38. The van der Waals surface area contributed by atoms with Crippen LogP contribution in [0.15, 0.2) is 48.5 Å². The number of carbonyl (C=O) groups is 1. The summed E-state index contributed by atoms with van der Waals surface area (Å²) >= 11 is 0. The van der Waals surface area contributed by atoms with Gasteiger partial charge in [0.2, 0.25) is 0 Å². The molecule has 2 N–H and O–H groups in total. The fourth-order valence-electron chi connectivity index (χ4n) is 4.33. The van der Waals surface area contributed by atoms with Crippen LogP contribution in [-0.2, 0) is 0 Å².